The molecule has 0 unspecified atom stereocenters. The van der Waals surface area contributed by atoms with Gasteiger partial charge in [-0.25, -0.2) is 0 Å². The molecule has 0 aromatic heterocycles. The highest BCUT2D eigenvalue weighted by Crippen LogP contribution is 2.25. The SMILES string of the molecule is CCCC(C)(C)Nc1ccc(Br)cc1C#N. The molecule has 1 aromatic rings. The second kappa shape index (κ2) is 5.36. The van der Waals surface area contributed by atoms with Crippen molar-refractivity contribution < 1.29 is 0 Å². The first-order valence-electron chi connectivity index (χ1n) is 5.46. The zero-order valence-electron chi connectivity index (χ0n) is 9.97. The number of nitrogens with one attached hydrogen (secondary N) is 1. The Morgan fingerprint density at radius 1 is 1.44 bits per heavy atom. The third-order valence-corrected chi connectivity index (χ3v) is 2.94. The molecule has 0 fully saturated rings. The first-order valence-corrected chi connectivity index (χ1v) is 6.25. The minimum atomic E-state index is 0.0220. The van der Waals surface area contributed by atoms with Crippen molar-refractivity contribution in [3.05, 3.63) is 28.2 Å². The standard InChI is InChI=1S/C13H17BrN2/c1-4-7-13(2,3)16-12-6-5-11(14)8-10(12)9-15/h5-6,8,16H,4,7H2,1-3H3. The Kier molecular flexibility index (Phi) is 4.37. The van der Waals surface area contributed by atoms with Gasteiger partial charge in [-0.2, -0.15) is 5.26 Å². The molecule has 0 spiro atoms. The molecule has 3 heteroatoms. The largest absolute Gasteiger partial charge is 0.379 e. The molecular weight excluding hydrogens is 264 g/mol. The van der Waals surface area contributed by atoms with Crippen LogP contribution in [0.25, 0.3) is 0 Å². The Bertz CT molecular complexity index is 405. The molecule has 0 aliphatic heterocycles. The van der Waals surface area contributed by atoms with Crippen LogP contribution in [0.3, 0.4) is 0 Å². The monoisotopic (exact) mass is 280 g/mol. The summed E-state index contributed by atoms with van der Waals surface area (Å²) in [5, 5.41) is 12.5. The van der Waals surface area contributed by atoms with Crippen molar-refractivity contribution in [2.75, 3.05) is 5.32 Å². The van der Waals surface area contributed by atoms with Crippen LogP contribution in [0.2, 0.25) is 0 Å². The zero-order valence-corrected chi connectivity index (χ0v) is 11.6. The Hall–Kier alpha value is -1.01. The summed E-state index contributed by atoms with van der Waals surface area (Å²) in [5.41, 5.74) is 1.61. The lowest BCUT2D eigenvalue weighted by molar-refractivity contribution is 0.511. The van der Waals surface area contributed by atoms with Gasteiger partial charge in [0.05, 0.1) is 11.3 Å². The summed E-state index contributed by atoms with van der Waals surface area (Å²) in [6, 6.07) is 7.94. The number of nitrogens with zero attached hydrogens (tertiary/aromatic N) is 1. The third kappa shape index (κ3) is 3.53. The van der Waals surface area contributed by atoms with Gasteiger partial charge in [-0.1, -0.05) is 29.3 Å². The highest BCUT2D eigenvalue weighted by Gasteiger charge is 2.17. The summed E-state index contributed by atoms with van der Waals surface area (Å²) in [4.78, 5) is 0. The van der Waals surface area contributed by atoms with Crippen molar-refractivity contribution in [2.24, 2.45) is 0 Å². The zero-order chi connectivity index (χ0) is 12.2. The third-order valence-electron chi connectivity index (χ3n) is 2.45. The minimum absolute atomic E-state index is 0.0220. The van der Waals surface area contributed by atoms with E-state index in [4.69, 9.17) is 5.26 Å². The fourth-order valence-electron chi connectivity index (χ4n) is 1.77. The van der Waals surface area contributed by atoms with E-state index in [1.165, 1.54) is 0 Å². The number of anilines is 1. The van der Waals surface area contributed by atoms with Crippen molar-refractivity contribution in [3.8, 4) is 6.07 Å². The Balaban J connectivity index is 2.93. The van der Waals surface area contributed by atoms with Crippen LogP contribution in [0, 0.1) is 11.3 Å². The molecule has 0 saturated heterocycles. The summed E-state index contributed by atoms with van der Waals surface area (Å²) < 4.78 is 0.933. The van der Waals surface area contributed by atoms with Gasteiger partial charge in [-0.05, 0) is 38.5 Å². The molecule has 0 aliphatic carbocycles. The molecule has 0 atom stereocenters. The summed E-state index contributed by atoms with van der Waals surface area (Å²) >= 11 is 3.37. The Morgan fingerprint density at radius 2 is 2.12 bits per heavy atom. The first-order chi connectivity index (χ1) is 7.48. The van der Waals surface area contributed by atoms with Crippen LogP contribution in [0.1, 0.15) is 39.2 Å². The molecule has 2 nitrogen and oxygen atoms in total. The maximum atomic E-state index is 9.06. The van der Waals surface area contributed by atoms with Crippen LogP contribution in [-0.2, 0) is 0 Å². The van der Waals surface area contributed by atoms with Crippen LogP contribution >= 0.6 is 15.9 Å². The van der Waals surface area contributed by atoms with Crippen LogP contribution in [-0.4, -0.2) is 5.54 Å². The van der Waals surface area contributed by atoms with Gasteiger partial charge in [-0.15, -0.1) is 0 Å². The van der Waals surface area contributed by atoms with Gasteiger partial charge >= 0.3 is 0 Å². The molecule has 1 N–H and O–H groups in total. The van der Waals surface area contributed by atoms with E-state index >= 15 is 0 Å². The van der Waals surface area contributed by atoms with Crippen molar-refractivity contribution >= 4 is 21.6 Å². The number of hydrogen-bond donors (Lipinski definition) is 1. The summed E-state index contributed by atoms with van der Waals surface area (Å²) in [5.74, 6) is 0. The lowest BCUT2D eigenvalue weighted by Gasteiger charge is -2.27. The molecule has 1 rings (SSSR count). The number of rotatable bonds is 4. The summed E-state index contributed by atoms with van der Waals surface area (Å²) in [7, 11) is 0. The molecule has 0 amide bonds. The second-order valence-electron chi connectivity index (χ2n) is 4.56. The van der Waals surface area contributed by atoms with Crippen LogP contribution in [0.4, 0.5) is 5.69 Å². The lowest BCUT2D eigenvalue weighted by atomic mass is 9.98. The van der Waals surface area contributed by atoms with E-state index < -0.39 is 0 Å². The van der Waals surface area contributed by atoms with E-state index in [1.807, 2.05) is 18.2 Å². The maximum Gasteiger partial charge on any atom is 0.101 e. The lowest BCUT2D eigenvalue weighted by Crippen LogP contribution is -2.30. The van der Waals surface area contributed by atoms with Gasteiger partial charge in [0.15, 0.2) is 0 Å². The van der Waals surface area contributed by atoms with Crippen molar-refractivity contribution in [1.82, 2.24) is 0 Å². The number of nitriles is 1. The van der Waals surface area contributed by atoms with Crippen molar-refractivity contribution in [2.45, 2.75) is 39.2 Å². The molecule has 0 saturated carbocycles. The quantitative estimate of drug-likeness (QED) is 0.892. The minimum Gasteiger partial charge on any atom is -0.379 e. The van der Waals surface area contributed by atoms with E-state index in [2.05, 4.69) is 48.1 Å². The number of halogens is 1. The van der Waals surface area contributed by atoms with Crippen molar-refractivity contribution in [3.63, 3.8) is 0 Å². The average molecular weight is 281 g/mol. The average Bonchev–Trinajstić information content (AvgIpc) is 2.20. The Labute approximate surface area is 106 Å². The predicted molar refractivity (Wildman–Crippen MR) is 71.5 cm³/mol. The Morgan fingerprint density at radius 3 is 2.69 bits per heavy atom. The molecule has 1 aromatic carbocycles. The molecule has 16 heavy (non-hydrogen) atoms. The van der Waals surface area contributed by atoms with Crippen molar-refractivity contribution in [1.29, 1.82) is 5.26 Å². The van der Waals surface area contributed by atoms with Gasteiger partial charge in [0, 0.05) is 10.0 Å². The summed E-state index contributed by atoms with van der Waals surface area (Å²) in [6.45, 7) is 6.47. The normalized spacial score (nSPS) is 10.9. The predicted octanol–water partition coefficient (Wildman–Crippen LogP) is 4.31. The van der Waals surface area contributed by atoms with E-state index in [0.29, 0.717) is 5.56 Å². The maximum absolute atomic E-state index is 9.06. The van der Waals surface area contributed by atoms with Gasteiger partial charge in [0.1, 0.15) is 6.07 Å². The highest BCUT2D eigenvalue weighted by atomic mass is 79.9. The molecule has 0 bridgehead atoms. The van der Waals surface area contributed by atoms with Crippen LogP contribution in [0.15, 0.2) is 22.7 Å². The highest BCUT2D eigenvalue weighted by molar-refractivity contribution is 9.10. The topological polar surface area (TPSA) is 35.8 Å². The van der Waals surface area contributed by atoms with Gasteiger partial charge in [0.2, 0.25) is 0 Å². The van der Waals surface area contributed by atoms with E-state index in [-0.39, 0.29) is 5.54 Å². The van der Waals surface area contributed by atoms with E-state index in [0.717, 1.165) is 23.0 Å². The fraction of sp³-hybridized carbons (Fsp3) is 0.462. The first kappa shape index (κ1) is 13.1. The molecular formula is C13H17BrN2. The number of hydrogen-bond acceptors (Lipinski definition) is 2. The van der Waals surface area contributed by atoms with Gasteiger partial charge in [0.25, 0.3) is 0 Å². The molecule has 0 aliphatic rings. The molecule has 86 valence electrons. The second-order valence-corrected chi connectivity index (χ2v) is 5.48. The molecule has 0 heterocycles. The molecule has 0 radical (unpaired) electrons. The van der Waals surface area contributed by atoms with E-state index in [1.54, 1.807) is 0 Å². The van der Waals surface area contributed by atoms with Crippen LogP contribution < -0.4 is 5.32 Å². The van der Waals surface area contributed by atoms with Gasteiger partial charge in [-0.3, -0.25) is 0 Å². The smallest absolute Gasteiger partial charge is 0.101 e. The van der Waals surface area contributed by atoms with E-state index in [9.17, 15) is 0 Å². The van der Waals surface area contributed by atoms with Crippen LogP contribution in [0.5, 0.6) is 0 Å². The van der Waals surface area contributed by atoms with Gasteiger partial charge < -0.3 is 5.32 Å². The summed E-state index contributed by atoms with van der Waals surface area (Å²) in [6.07, 6.45) is 2.20. The number of benzene rings is 1. The fourth-order valence-corrected chi connectivity index (χ4v) is 2.13.